The van der Waals surface area contributed by atoms with Crippen molar-refractivity contribution in [2.75, 3.05) is 32.8 Å². The molecule has 9 heteroatoms. The van der Waals surface area contributed by atoms with Gasteiger partial charge in [-0.15, -0.1) is 0 Å². The van der Waals surface area contributed by atoms with E-state index in [0.717, 1.165) is 61.9 Å². The van der Waals surface area contributed by atoms with Crippen LogP contribution < -0.4 is 4.74 Å². The molecule has 2 fully saturated rings. The molecule has 0 spiro atoms. The second-order valence-electron chi connectivity index (χ2n) is 10.3. The van der Waals surface area contributed by atoms with Crippen LogP contribution in [-0.4, -0.2) is 74.6 Å². The summed E-state index contributed by atoms with van der Waals surface area (Å²) < 4.78 is 5.92. The number of hydrogen-bond acceptors (Lipinski definition) is 5. The summed E-state index contributed by atoms with van der Waals surface area (Å²) in [6.45, 7) is 3.45. The Labute approximate surface area is 220 Å². The highest BCUT2D eigenvalue weighted by atomic mass is 16.5. The number of H-pyrrole nitrogens is 1. The quantitative estimate of drug-likeness (QED) is 0.393. The molecular weight excluding hydrogens is 482 g/mol. The molecule has 3 aromatic heterocycles. The molecule has 2 aliphatic heterocycles. The maximum absolute atomic E-state index is 13.4. The summed E-state index contributed by atoms with van der Waals surface area (Å²) in [7, 11) is 0. The van der Waals surface area contributed by atoms with Gasteiger partial charge in [0.25, 0.3) is 0 Å². The normalized spacial score (nSPS) is 18.7. The highest BCUT2D eigenvalue weighted by Gasteiger charge is 2.31. The summed E-state index contributed by atoms with van der Waals surface area (Å²) in [5.41, 5.74) is 3.33. The molecule has 1 atom stereocenters. The lowest BCUT2D eigenvalue weighted by Gasteiger charge is -2.39. The first kappa shape index (κ1) is 24.2. The van der Waals surface area contributed by atoms with E-state index in [1.54, 1.807) is 30.5 Å². The third-order valence-corrected chi connectivity index (χ3v) is 7.91. The molecule has 0 bridgehead atoms. The predicted octanol–water partition coefficient (Wildman–Crippen LogP) is 4.90. The number of amides is 2. The Morgan fingerprint density at radius 1 is 1.00 bits per heavy atom. The summed E-state index contributed by atoms with van der Waals surface area (Å²) in [5.74, 6) is 0.334. The Morgan fingerprint density at radius 3 is 2.61 bits per heavy atom. The molecule has 0 radical (unpaired) electrons. The zero-order valence-corrected chi connectivity index (χ0v) is 21.2. The fourth-order valence-corrected chi connectivity index (χ4v) is 5.89. The van der Waals surface area contributed by atoms with E-state index in [9.17, 15) is 9.59 Å². The molecule has 5 heterocycles. The Kier molecular flexibility index (Phi) is 6.57. The smallest absolute Gasteiger partial charge is 0.335 e. The standard InChI is InChI=1S/C29H31N5O4/c35-28(36)21-3-5-22(6-4-21)38-18-19-2-1-13-34(17-19)29(37)33-14-9-20(10-15-33)23-7-11-30-25-16-32-27-24(26(23)25)8-12-31-27/h3-8,11-12,16,19-20,30H,1-2,9-10,13-15,17-18H2,(H,35,36). The lowest BCUT2D eigenvalue weighted by Crippen LogP contribution is -2.50. The minimum atomic E-state index is -0.952. The number of carboxylic acids is 1. The van der Waals surface area contributed by atoms with Gasteiger partial charge in [0.15, 0.2) is 5.65 Å². The number of nitrogens with one attached hydrogen (secondary N) is 1. The van der Waals surface area contributed by atoms with Crippen LogP contribution in [0.3, 0.4) is 0 Å². The van der Waals surface area contributed by atoms with Gasteiger partial charge in [-0.2, -0.15) is 0 Å². The van der Waals surface area contributed by atoms with Crippen molar-refractivity contribution >= 4 is 33.9 Å². The van der Waals surface area contributed by atoms with Crippen molar-refractivity contribution < 1.29 is 19.4 Å². The van der Waals surface area contributed by atoms with Gasteiger partial charge in [0.1, 0.15) is 5.75 Å². The molecule has 4 aromatic rings. The van der Waals surface area contributed by atoms with Crippen molar-refractivity contribution in [2.24, 2.45) is 5.92 Å². The van der Waals surface area contributed by atoms with Gasteiger partial charge in [-0.1, -0.05) is 0 Å². The number of pyridine rings is 2. The maximum Gasteiger partial charge on any atom is 0.335 e. The molecule has 2 saturated heterocycles. The molecule has 2 N–H and O–H groups in total. The van der Waals surface area contributed by atoms with Crippen molar-refractivity contribution in [1.29, 1.82) is 0 Å². The second-order valence-corrected chi connectivity index (χ2v) is 10.3. The third kappa shape index (κ3) is 4.76. The molecule has 0 aliphatic carbocycles. The van der Waals surface area contributed by atoms with E-state index >= 15 is 0 Å². The maximum atomic E-state index is 13.4. The molecule has 2 aliphatic rings. The first-order chi connectivity index (χ1) is 18.6. The Bertz CT molecular complexity index is 1460. The predicted molar refractivity (Wildman–Crippen MR) is 144 cm³/mol. The first-order valence-electron chi connectivity index (χ1n) is 13.3. The number of likely N-dealkylation sites (tertiary alicyclic amines) is 2. The van der Waals surface area contributed by atoms with E-state index in [-0.39, 0.29) is 17.5 Å². The number of fused-ring (bicyclic) bond motifs is 3. The molecule has 6 rings (SSSR count). The molecule has 38 heavy (non-hydrogen) atoms. The van der Waals surface area contributed by atoms with Gasteiger partial charge in [-0.3, -0.25) is 0 Å². The number of hydrogen-bond donors (Lipinski definition) is 2. The van der Waals surface area contributed by atoms with Gasteiger partial charge >= 0.3 is 12.0 Å². The number of carboxylic acid groups (broad SMARTS) is 1. The van der Waals surface area contributed by atoms with E-state index in [1.807, 2.05) is 28.3 Å². The monoisotopic (exact) mass is 513 g/mol. The zero-order chi connectivity index (χ0) is 26.1. The largest absolute Gasteiger partial charge is 0.493 e. The number of carbonyl (C=O) groups is 2. The van der Waals surface area contributed by atoms with Crippen molar-refractivity contribution in [3.05, 3.63) is 66.1 Å². The van der Waals surface area contributed by atoms with E-state index in [2.05, 4.69) is 21.0 Å². The topological polar surface area (TPSA) is 112 Å². The van der Waals surface area contributed by atoms with Gasteiger partial charge < -0.3 is 24.6 Å². The van der Waals surface area contributed by atoms with Crippen molar-refractivity contribution in [2.45, 2.75) is 31.6 Å². The Balaban J connectivity index is 1.06. The number of ether oxygens (including phenoxy) is 1. The molecular formula is C29H31N5O4. The molecule has 196 valence electrons. The van der Waals surface area contributed by atoms with Gasteiger partial charge in [-0.25, -0.2) is 19.6 Å². The van der Waals surface area contributed by atoms with Crippen molar-refractivity contribution in [3.63, 3.8) is 0 Å². The van der Waals surface area contributed by atoms with Crippen LogP contribution in [0.1, 0.15) is 47.5 Å². The number of nitrogens with zero attached hydrogens (tertiary/aromatic N) is 4. The van der Waals surface area contributed by atoms with Crippen LogP contribution >= 0.6 is 0 Å². The van der Waals surface area contributed by atoms with Crippen LogP contribution in [-0.2, 0) is 0 Å². The number of urea groups is 1. The van der Waals surface area contributed by atoms with Crippen LogP contribution in [0.15, 0.2) is 55.0 Å². The van der Waals surface area contributed by atoms with Crippen LogP contribution in [0.5, 0.6) is 5.75 Å². The molecule has 0 saturated carbocycles. The Morgan fingerprint density at radius 2 is 1.82 bits per heavy atom. The van der Waals surface area contributed by atoms with Crippen LogP contribution in [0.25, 0.3) is 21.9 Å². The number of rotatable bonds is 5. The molecule has 1 unspecified atom stereocenters. The lowest BCUT2D eigenvalue weighted by atomic mass is 9.87. The van der Waals surface area contributed by atoms with Crippen molar-refractivity contribution in [3.8, 4) is 5.75 Å². The average molecular weight is 514 g/mol. The molecule has 2 amide bonds. The Hall–Kier alpha value is -4.14. The summed E-state index contributed by atoms with van der Waals surface area (Å²) >= 11 is 0. The summed E-state index contributed by atoms with van der Waals surface area (Å²) in [6.07, 6.45) is 9.46. The van der Waals surface area contributed by atoms with Crippen molar-refractivity contribution in [1.82, 2.24) is 24.8 Å². The third-order valence-electron chi connectivity index (χ3n) is 7.91. The second kappa shape index (κ2) is 10.3. The number of aromatic nitrogens is 3. The number of piperidine rings is 2. The van der Waals surface area contributed by atoms with E-state index in [1.165, 1.54) is 10.9 Å². The summed E-state index contributed by atoms with van der Waals surface area (Å²) in [4.78, 5) is 40.6. The number of aromatic amines is 1. The lowest BCUT2D eigenvalue weighted by molar-refractivity contribution is 0.0696. The van der Waals surface area contributed by atoms with E-state index in [4.69, 9.17) is 9.84 Å². The molecule has 1 aromatic carbocycles. The van der Waals surface area contributed by atoms with Gasteiger partial charge in [0, 0.05) is 55.3 Å². The highest BCUT2D eigenvalue weighted by molar-refractivity contribution is 6.05. The fourth-order valence-electron chi connectivity index (χ4n) is 5.89. The van der Waals surface area contributed by atoms with Gasteiger partial charge in [-0.05, 0) is 73.6 Å². The average Bonchev–Trinajstić information content (AvgIpc) is 3.45. The van der Waals surface area contributed by atoms with Gasteiger partial charge in [0.2, 0.25) is 0 Å². The summed E-state index contributed by atoms with van der Waals surface area (Å²) in [6, 6.07) is 10.8. The minimum Gasteiger partial charge on any atom is -0.493 e. The number of carbonyl (C=O) groups excluding carboxylic acids is 1. The summed E-state index contributed by atoms with van der Waals surface area (Å²) in [5, 5.41) is 11.3. The van der Waals surface area contributed by atoms with Gasteiger partial charge in [0.05, 0.1) is 23.9 Å². The fraction of sp³-hybridized carbons (Fsp3) is 0.379. The van der Waals surface area contributed by atoms with Crippen LogP contribution in [0.4, 0.5) is 4.79 Å². The number of benzene rings is 1. The van der Waals surface area contributed by atoms with Crippen LogP contribution in [0.2, 0.25) is 0 Å². The van der Waals surface area contributed by atoms with E-state index in [0.29, 0.717) is 24.8 Å². The number of aromatic carboxylic acids is 1. The SMILES string of the molecule is O=C(O)c1ccc(OCC2CCCN(C(=O)N3CCC(c4cc[nH]c5cnc6nccc6c45)CC3)C2)cc1. The zero-order valence-electron chi connectivity index (χ0n) is 21.2. The van der Waals surface area contributed by atoms with Crippen LogP contribution in [0, 0.1) is 5.92 Å². The molecule has 9 nitrogen and oxygen atoms in total. The minimum absolute atomic E-state index is 0.122. The van der Waals surface area contributed by atoms with E-state index < -0.39 is 5.97 Å². The first-order valence-corrected chi connectivity index (χ1v) is 13.3. The highest BCUT2D eigenvalue weighted by Crippen LogP contribution is 2.35.